The third-order valence-electron chi connectivity index (χ3n) is 2.95. The lowest BCUT2D eigenvalue weighted by atomic mass is 10.0. The van der Waals surface area contributed by atoms with Crippen molar-refractivity contribution in [2.45, 2.75) is 25.3 Å². The van der Waals surface area contributed by atoms with Crippen molar-refractivity contribution in [1.82, 2.24) is 4.90 Å². The van der Waals surface area contributed by atoms with Gasteiger partial charge in [-0.15, -0.1) is 22.9 Å². The maximum atomic E-state index is 12.4. The molecule has 0 radical (unpaired) electrons. The van der Waals surface area contributed by atoms with Gasteiger partial charge in [0.25, 0.3) is 5.91 Å². The number of nitrogens with zero attached hydrogens (tertiary/aromatic N) is 1. The SMILES string of the molecule is O=C(c1cc(Br)sc1Br)N1CCCCC1CCl. The molecule has 0 aliphatic carbocycles. The lowest BCUT2D eigenvalue weighted by molar-refractivity contribution is 0.0639. The highest BCUT2D eigenvalue weighted by Crippen LogP contribution is 2.33. The van der Waals surface area contributed by atoms with Gasteiger partial charge in [0, 0.05) is 18.5 Å². The largest absolute Gasteiger partial charge is 0.334 e. The number of amides is 1. The zero-order chi connectivity index (χ0) is 12.4. The van der Waals surface area contributed by atoms with Crippen LogP contribution >= 0.6 is 54.8 Å². The summed E-state index contributed by atoms with van der Waals surface area (Å²) >= 11 is 14.3. The smallest absolute Gasteiger partial charge is 0.256 e. The molecule has 0 N–H and O–H groups in total. The first-order chi connectivity index (χ1) is 8.13. The standard InChI is InChI=1S/C11H12Br2ClNOS/c12-9-5-8(10(13)17-9)11(16)15-4-2-1-3-7(15)6-14/h5,7H,1-4,6H2. The number of rotatable bonds is 2. The van der Waals surface area contributed by atoms with E-state index in [2.05, 4.69) is 31.9 Å². The Bertz CT molecular complexity index is 424. The van der Waals surface area contributed by atoms with Crippen LogP contribution in [0.5, 0.6) is 0 Å². The summed E-state index contributed by atoms with van der Waals surface area (Å²) in [4.78, 5) is 14.3. The van der Waals surface area contributed by atoms with Gasteiger partial charge in [-0.05, 0) is 57.2 Å². The van der Waals surface area contributed by atoms with Crippen LogP contribution in [0.15, 0.2) is 13.6 Å². The molecule has 0 aromatic carbocycles. The predicted octanol–water partition coefficient (Wildman–Crippen LogP) is 4.51. The summed E-state index contributed by atoms with van der Waals surface area (Å²) in [5, 5.41) is 0. The first kappa shape index (κ1) is 13.8. The maximum absolute atomic E-state index is 12.4. The zero-order valence-electron chi connectivity index (χ0n) is 9.09. The van der Waals surface area contributed by atoms with Crippen LogP contribution in [0.3, 0.4) is 0 Å². The normalized spacial score (nSPS) is 20.6. The van der Waals surface area contributed by atoms with E-state index in [4.69, 9.17) is 11.6 Å². The van der Waals surface area contributed by atoms with Gasteiger partial charge in [0.15, 0.2) is 0 Å². The van der Waals surface area contributed by atoms with E-state index in [9.17, 15) is 4.79 Å². The van der Waals surface area contributed by atoms with Gasteiger partial charge >= 0.3 is 0 Å². The first-order valence-electron chi connectivity index (χ1n) is 5.45. The van der Waals surface area contributed by atoms with Crippen molar-refractivity contribution in [2.75, 3.05) is 12.4 Å². The number of likely N-dealkylation sites (tertiary alicyclic amines) is 1. The quantitative estimate of drug-likeness (QED) is 0.668. The Balaban J connectivity index is 2.21. The molecule has 2 nitrogen and oxygen atoms in total. The Labute approximate surface area is 127 Å². The van der Waals surface area contributed by atoms with Crippen molar-refractivity contribution in [1.29, 1.82) is 0 Å². The predicted molar refractivity (Wildman–Crippen MR) is 79.1 cm³/mol. The summed E-state index contributed by atoms with van der Waals surface area (Å²) in [5.41, 5.74) is 0.735. The number of carbonyl (C=O) groups is 1. The van der Waals surface area contributed by atoms with Crippen LogP contribution in [-0.4, -0.2) is 29.3 Å². The fourth-order valence-electron chi connectivity index (χ4n) is 2.07. The van der Waals surface area contributed by atoms with Crippen molar-refractivity contribution in [3.05, 3.63) is 19.2 Å². The van der Waals surface area contributed by atoms with Crippen LogP contribution in [0.25, 0.3) is 0 Å². The van der Waals surface area contributed by atoms with Crippen LogP contribution in [0.4, 0.5) is 0 Å². The number of hydrogen-bond acceptors (Lipinski definition) is 2. The van der Waals surface area contributed by atoms with E-state index in [-0.39, 0.29) is 11.9 Å². The monoisotopic (exact) mass is 399 g/mol. The lowest BCUT2D eigenvalue weighted by Gasteiger charge is -2.34. The van der Waals surface area contributed by atoms with Gasteiger partial charge in [-0.1, -0.05) is 0 Å². The Morgan fingerprint density at radius 3 is 2.88 bits per heavy atom. The molecule has 1 aromatic heterocycles. The van der Waals surface area contributed by atoms with E-state index >= 15 is 0 Å². The van der Waals surface area contributed by atoms with Crippen LogP contribution in [0.2, 0.25) is 0 Å². The van der Waals surface area contributed by atoms with Crippen LogP contribution in [0, 0.1) is 0 Å². The third-order valence-corrected chi connectivity index (χ3v) is 5.65. The lowest BCUT2D eigenvalue weighted by Crippen LogP contribution is -2.44. The Hall–Kier alpha value is 0.420. The van der Waals surface area contributed by atoms with Crippen molar-refractivity contribution in [3.63, 3.8) is 0 Å². The highest BCUT2D eigenvalue weighted by molar-refractivity contribution is 9.12. The molecule has 0 bridgehead atoms. The molecule has 1 unspecified atom stereocenters. The average Bonchev–Trinajstić information content (AvgIpc) is 2.67. The topological polar surface area (TPSA) is 20.3 Å². The van der Waals surface area contributed by atoms with Gasteiger partial charge in [0.1, 0.15) is 0 Å². The molecule has 1 fully saturated rings. The number of thiophene rings is 1. The Morgan fingerprint density at radius 1 is 1.53 bits per heavy atom. The molecule has 0 spiro atoms. The van der Waals surface area contributed by atoms with Gasteiger partial charge in [0.2, 0.25) is 0 Å². The molecule has 17 heavy (non-hydrogen) atoms. The van der Waals surface area contributed by atoms with E-state index < -0.39 is 0 Å². The van der Waals surface area contributed by atoms with E-state index in [1.807, 2.05) is 11.0 Å². The fraction of sp³-hybridized carbons (Fsp3) is 0.545. The molecule has 1 aromatic rings. The molecule has 1 amide bonds. The number of piperidine rings is 1. The molecular weight excluding hydrogens is 389 g/mol. The fourth-order valence-corrected chi connectivity index (χ4v) is 5.17. The summed E-state index contributed by atoms with van der Waals surface area (Å²) in [6, 6.07) is 2.06. The number of halogens is 3. The van der Waals surface area contributed by atoms with Gasteiger partial charge < -0.3 is 4.90 Å². The minimum absolute atomic E-state index is 0.0872. The van der Waals surface area contributed by atoms with Crippen molar-refractivity contribution in [3.8, 4) is 0 Å². The highest BCUT2D eigenvalue weighted by Gasteiger charge is 2.28. The number of alkyl halides is 1. The summed E-state index contributed by atoms with van der Waals surface area (Å²) in [6.45, 7) is 0.816. The summed E-state index contributed by atoms with van der Waals surface area (Å²) in [6.07, 6.45) is 3.25. The van der Waals surface area contributed by atoms with Gasteiger partial charge in [-0.3, -0.25) is 4.79 Å². The van der Waals surface area contributed by atoms with Gasteiger partial charge in [-0.2, -0.15) is 0 Å². The zero-order valence-corrected chi connectivity index (χ0v) is 13.8. The van der Waals surface area contributed by atoms with Crippen LogP contribution < -0.4 is 0 Å². The van der Waals surface area contributed by atoms with Crippen molar-refractivity contribution < 1.29 is 4.79 Å². The maximum Gasteiger partial charge on any atom is 0.256 e. The summed E-state index contributed by atoms with van der Waals surface area (Å²) < 4.78 is 1.85. The molecule has 2 rings (SSSR count). The van der Waals surface area contributed by atoms with Crippen molar-refractivity contribution >= 4 is 60.7 Å². The minimum Gasteiger partial charge on any atom is -0.334 e. The third kappa shape index (κ3) is 3.06. The second-order valence-corrected chi connectivity index (χ2v) is 8.10. The molecule has 94 valence electrons. The first-order valence-corrected chi connectivity index (χ1v) is 8.39. The van der Waals surface area contributed by atoms with E-state index in [0.717, 1.165) is 38.9 Å². The van der Waals surface area contributed by atoms with Crippen LogP contribution in [-0.2, 0) is 0 Å². The molecule has 6 heteroatoms. The van der Waals surface area contributed by atoms with Gasteiger partial charge in [-0.25, -0.2) is 0 Å². The second-order valence-electron chi connectivity index (χ2n) is 4.04. The number of carbonyl (C=O) groups excluding carboxylic acids is 1. The van der Waals surface area contributed by atoms with E-state index in [1.54, 1.807) is 0 Å². The van der Waals surface area contributed by atoms with E-state index in [0.29, 0.717) is 5.88 Å². The van der Waals surface area contributed by atoms with Crippen molar-refractivity contribution in [2.24, 2.45) is 0 Å². The second kappa shape index (κ2) is 6.04. The molecule has 1 atom stereocenters. The molecular formula is C11H12Br2ClNOS. The van der Waals surface area contributed by atoms with Gasteiger partial charge in [0.05, 0.1) is 13.1 Å². The van der Waals surface area contributed by atoms with E-state index in [1.165, 1.54) is 11.3 Å². The summed E-state index contributed by atoms with van der Waals surface area (Å²) in [7, 11) is 0. The Kier molecular flexibility index (Phi) is 4.92. The molecule has 1 aliphatic heterocycles. The summed E-state index contributed by atoms with van der Waals surface area (Å²) in [5.74, 6) is 0.610. The number of hydrogen-bond donors (Lipinski definition) is 0. The van der Waals surface area contributed by atoms with Crippen LogP contribution in [0.1, 0.15) is 29.6 Å². The highest BCUT2D eigenvalue weighted by atomic mass is 79.9. The molecule has 0 saturated carbocycles. The molecule has 1 saturated heterocycles. The minimum atomic E-state index is 0.0872. The molecule has 1 aliphatic rings. The average molecular weight is 402 g/mol. The molecule has 2 heterocycles. The Morgan fingerprint density at radius 2 is 2.29 bits per heavy atom.